The van der Waals surface area contributed by atoms with Gasteiger partial charge in [0.25, 0.3) is 5.92 Å². The maximum atomic E-state index is 15.5. The van der Waals surface area contributed by atoms with Crippen LogP contribution in [0.1, 0.15) is 17.0 Å². The van der Waals surface area contributed by atoms with Gasteiger partial charge >= 0.3 is 0 Å². The van der Waals surface area contributed by atoms with E-state index in [1.165, 1.54) is 6.20 Å². The lowest BCUT2D eigenvalue weighted by Gasteiger charge is -2.38. The average Bonchev–Trinajstić information content (AvgIpc) is 3.32. The van der Waals surface area contributed by atoms with Crippen LogP contribution in [0.25, 0.3) is 22.3 Å². The Morgan fingerprint density at radius 2 is 2.00 bits per heavy atom. The monoisotopic (exact) mass is 407 g/mol. The molecule has 6 rings (SSSR count). The van der Waals surface area contributed by atoms with E-state index < -0.39 is 17.8 Å². The molecule has 0 amide bonds. The first-order valence-electron chi connectivity index (χ1n) is 10.0. The third-order valence-corrected chi connectivity index (χ3v) is 6.22. The molecule has 30 heavy (non-hydrogen) atoms. The van der Waals surface area contributed by atoms with Crippen LogP contribution >= 0.6 is 0 Å². The first kappa shape index (κ1) is 17.7. The zero-order valence-corrected chi connectivity index (χ0v) is 16.1. The smallest absolute Gasteiger partial charge is 0.282 e. The molecule has 2 aliphatic carbocycles. The van der Waals surface area contributed by atoms with E-state index >= 15 is 8.78 Å². The third kappa shape index (κ3) is 2.46. The molecule has 2 unspecified atom stereocenters. The highest BCUT2D eigenvalue weighted by Crippen LogP contribution is 2.54. The predicted octanol–water partition coefficient (Wildman–Crippen LogP) is 3.79. The molecule has 3 aromatic rings. The Hall–Kier alpha value is -3.13. The molecular weight excluding hydrogens is 388 g/mol. The Labute approximate surface area is 171 Å². The molecule has 3 aliphatic rings. The molecule has 0 saturated carbocycles. The summed E-state index contributed by atoms with van der Waals surface area (Å²) < 4.78 is 36.5. The van der Waals surface area contributed by atoms with Gasteiger partial charge in [0.05, 0.1) is 24.8 Å². The number of aromatic amines is 1. The van der Waals surface area contributed by atoms with Crippen molar-refractivity contribution in [1.82, 2.24) is 20.2 Å². The molecule has 2 atom stereocenters. The maximum absolute atomic E-state index is 15.5. The summed E-state index contributed by atoms with van der Waals surface area (Å²) in [5.74, 6) is -3.61. The molecule has 0 bridgehead atoms. The number of morpholine rings is 1. The number of hydrogen-bond donors (Lipinski definition) is 1. The zero-order valence-electron chi connectivity index (χ0n) is 16.1. The Morgan fingerprint density at radius 3 is 2.80 bits per heavy atom. The SMILES string of the molecule is FC1(F)c2cnc(-c3ccn[nH]3)c3nc(N4CCOCC4)cc(c23)C2C=CC=CC21. The van der Waals surface area contributed by atoms with Gasteiger partial charge in [0.2, 0.25) is 0 Å². The Morgan fingerprint density at radius 1 is 1.17 bits per heavy atom. The van der Waals surface area contributed by atoms with Gasteiger partial charge in [-0.3, -0.25) is 10.1 Å². The summed E-state index contributed by atoms with van der Waals surface area (Å²) >= 11 is 0. The van der Waals surface area contributed by atoms with Crippen molar-refractivity contribution < 1.29 is 13.5 Å². The standard InChI is InChI=1S/C22H19F2N5O/c23-22(24)15-4-2-1-3-13(15)14-11-18(29-7-9-30-10-8-29)27-21-19(14)16(22)12-25-20(21)17-5-6-26-28-17/h1-6,11-13,15H,7-10H2,(H,26,28). The second kappa shape index (κ2) is 6.43. The Balaban J connectivity index is 1.67. The maximum Gasteiger partial charge on any atom is 0.282 e. The number of pyridine rings is 2. The molecule has 0 spiro atoms. The van der Waals surface area contributed by atoms with Crippen LogP contribution in [0.4, 0.5) is 14.6 Å². The number of ether oxygens (including phenoxy) is 1. The number of rotatable bonds is 2. The topological polar surface area (TPSA) is 66.9 Å². The van der Waals surface area contributed by atoms with Crippen LogP contribution in [0.3, 0.4) is 0 Å². The van der Waals surface area contributed by atoms with Crippen LogP contribution in [-0.2, 0) is 10.7 Å². The summed E-state index contributed by atoms with van der Waals surface area (Å²) in [6.07, 6.45) is 9.95. The van der Waals surface area contributed by atoms with E-state index in [-0.39, 0.29) is 5.56 Å². The lowest BCUT2D eigenvalue weighted by Crippen LogP contribution is -2.38. The van der Waals surface area contributed by atoms with Crippen LogP contribution < -0.4 is 4.90 Å². The van der Waals surface area contributed by atoms with Crippen molar-refractivity contribution in [2.45, 2.75) is 11.8 Å². The van der Waals surface area contributed by atoms with Gasteiger partial charge in [0.15, 0.2) is 0 Å². The van der Waals surface area contributed by atoms with Gasteiger partial charge in [-0.15, -0.1) is 0 Å². The van der Waals surface area contributed by atoms with Crippen molar-refractivity contribution in [1.29, 1.82) is 0 Å². The number of anilines is 1. The van der Waals surface area contributed by atoms with E-state index in [1.807, 2.05) is 18.2 Å². The van der Waals surface area contributed by atoms with Gasteiger partial charge in [-0.25, -0.2) is 13.8 Å². The number of nitrogens with zero attached hydrogens (tertiary/aromatic N) is 4. The van der Waals surface area contributed by atoms with Gasteiger partial charge in [-0.2, -0.15) is 5.10 Å². The fraction of sp³-hybridized carbons (Fsp3) is 0.318. The number of nitrogens with one attached hydrogen (secondary N) is 1. The number of hydrogen-bond acceptors (Lipinski definition) is 5. The van der Waals surface area contributed by atoms with Crippen molar-refractivity contribution in [3.8, 4) is 11.4 Å². The molecule has 1 N–H and O–H groups in total. The first-order chi connectivity index (χ1) is 14.6. The van der Waals surface area contributed by atoms with Crippen molar-refractivity contribution >= 4 is 16.7 Å². The van der Waals surface area contributed by atoms with E-state index in [0.29, 0.717) is 48.6 Å². The average molecular weight is 407 g/mol. The number of halogens is 2. The molecule has 0 radical (unpaired) electrons. The minimum Gasteiger partial charge on any atom is -0.378 e. The quantitative estimate of drug-likeness (QED) is 0.700. The van der Waals surface area contributed by atoms with Crippen LogP contribution in [0.2, 0.25) is 0 Å². The largest absolute Gasteiger partial charge is 0.378 e. The number of H-pyrrole nitrogens is 1. The Bertz CT molecular complexity index is 1180. The molecule has 1 fully saturated rings. The summed E-state index contributed by atoms with van der Waals surface area (Å²) in [6.45, 7) is 2.66. The summed E-state index contributed by atoms with van der Waals surface area (Å²) in [5, 5.41) is 7.40. The molecule has 1 saturated heterocycles. The minimum atomic E-state index is -3.03. The summed E-state index contributed by atoms with van der Waals surface area (Å²) in [4.78, 5) is 11.4. The summed E-state index contributed by atoms with van der Waals surface area (Å²) in [5.41, 5.74) is 2.49. The van der Waals surface area contributed by atoms with Gasteiger partial charge in [-0.1, -0.05) is 24.3 Å². The molecule has 1 aliphatic heterocycles. The second-order valence-electron chi connectivity index (χ2n) is 7.83. The summed E-state index contributed by atoms with van der Waals surface area (Å²) in [7, 11) is 0. The van der Waals surface area contributed by atoms with Gasteiger partial charge < -0.3 is 9.64 Å². The van der Waals surface area contributed by atoms with Gasteiger partial charge in [0.1, 0.15) is 17.0 Å². The molecule has 6 nitrogen and oxygen atoms in total. The number of fused-ring (bicyclic) bond motifs is 2. The third-order valence-electron chi connectivity index (χ3n) is 6.22. The van der Waals surface area contributed by atoms with Crippen molar-refractivity contribution in [3.63, 3.8) is 0 Å². The van der Waals surface area contributed by atoms with E-state index in [0.717, 1.165) is 11.4 Å². The lowest BCUT2D eigenvalue weighted by atomic mass is 9.71. The fourth-order valence-corrected chi connectivity index (χ4v) is 4.74. The Kier molecular flexibility index (Phi) is 3.80. The zero-order chi connectivity index (χ0) is 20.3. The van der Waals surface area contributed by atoms with Crippen molar-refractivity contribution in [2.24, 2.45) is 5.92 Å². The normalized spacial score (nSPS) is 24.3. The molecule has 0 aromatic carbocycles. The van der Waals surface area contributed by atoms with Crippen molar-refractivity contribution in [2.75, 3.05) is 31.2 Å². The van der Waals surface area contributed by atoms with Crippen LogP contribution in [0.15, 0.2) is 48.8 Å². The van der Waals surface area contributed by atoms with E-state index in [2.05, 4.69) is 20.1 Å². The first-order valence-corrected chi connectivity index (χ1v) is 10.0. The number of alkyl halides is 2. The molecule has 152 valence electrons. The van der Waals surface area contributed by atoms with E-state index in [9.17, 15) is 0 Å². The van der Waals surface area contributed by atoms with Crippen molar-refractivity contribution in [3.05, 3.63) is 60.0 Å². The number of aromatic nitrogens is 4. The van der Waals surface area contributed by atoms with E-state index in [1.54, 1.807) is 24.4 Å². The minimum absolute atomic E-state index is 0.0574. The predicted molar refractivity (Wildman–Crippen MR) is 109 cm³/mol. The summed E-state index contributed by atoms with van der Waals surface area (Å²) in [6, 6.07) is 3.75. The second-order valence-corrected chi connectivity index (χ2v) is 7.83. The lowest BCUT2D eigenvalue weighted by molar-refractivity contribution is -0.0538. The van der Waals surface area contributed by atoms with Crippen LogP contribution in [0.5, 0.6) is 0 Å². The van der Waals surface area contributed by atoms with Gasteiger partial charge in [-0.05, 0) is 17.7 Å². The highest BCUT2D eigenvalue weighted by Gasteiger charge is 2.50. The molecule has 8 heteroatoms. The molecule has 3 aromatic heterocycles. The number of allylic oxidation sites excluding steroid dienone is 4. The van der Waals surface area contributed by atoms with Gasteiger partial charge in [0, 0.05) is 42.4 Å². The highest BCUT2D eigenvalue weighted by molar-refractivity contribution is 5.97. The van der Waals surface area contributed by atoms with Crippen LogP contribution in [-0.4, -0.2) is 46.5 Å². The fourth-order valence-electron chi connectivity index (χ4n) is 4.74. The highest BCUT2D eigenvalue weighted by atomic mass is 19.3. The molecular formula is C22H19F2N5O. The molecule has 4 heterocycles. The van der Waals surface area contributed by atoms with E-state index in [4.69, 9.17) is 9.72 Å². The van der Waals surface area contributed by atoms with Crippen LogP contribution in [0, 0.1) is 5.92 Å².